The lowest BCUT2D eigenvalue weighted by Crippen LogP contribution is -2.13. The zero-order chi connectivity index (χ0) is 13.1. The third kappa shape index (κ3) is 2.60. The molecule has 0 bridgehead atoms. The molecule has 2 rings (SSSR count). The van der Waals surface area contributed by atoms with Crippen LogP contribution in [0.2, 0.25) is 5.02 Å². The Morgan fingerprint density at radius 2 is 1.94 bits per heavy atom. The Balaban J connectivity index is 2.22. The second kappa shape index (κ2) is 5.06. The van der Waals surface area contributed by atoms with Crippen LogP contribution in [-0.4, -0.2) is 5.91 Å². The molecule has 92 valence electrons. The van der Waals surface area contributed by atoms with Gasteiger partial charge in [-0.05, 0) is 30.3 Å². The van der Waals surface area contributed by atoms with Crippen LogP contribution in [0.5, 0.6) is 0 Å². The highest BCUT2D eigenvalue weighted by Crippen LogP contribution is 2.20. The van der Waals surface area contributed by atoms with Gasteiger partial charge in [0, 0.05) is 5.56 Å². The van der Waals surface area contributed by atoms with E-state index in [-0.39, 0.29) is 5.69 Å². The molecule has 0 aromatic heterocycles. The van der Waals surface area contributed by atoms with E-state index < -0.39 is 11.7 Å². The lowest BCUT2D eigenvalue weighted by Gasteiger charge is -2.07. The number of hydrogen-bond donors (Lipinski definition) is 2. The first kappa shape index (κ1) is 12.4. The van der Waals surface area contributed by atoms with Crippen molar-refractivity contribution in [1.29, 1.82) is 0 Å². The first-order chi connectivity index (χ1) is 8.58. The van der Waals surface area contributed by atoms with Gasteiger partial charge < -0.3 is 11.1 Å². The number of benzene rings is 2. The highest BCUT2D eigenvalue weighted by molar-refractivity contribution is 6.33. The van der Waals surface area contributed by atoms with Gasteiger partial charge in [0.1, 0.15) is 5.82 Å². The molecule has 0 spiro atoms. The lowest BCUT2D eigenvalue weighted by atomic mass is 10.2. The maximum Gasteiger partial charge on any atom is 0.255 e. The SMILES string of the molecule is Nc1cc(C(=O)Nc2ccccc2F)ccc1Cl. The van der Waals surface area contributed by atoms with Gasteiger partial charge in [0.2, 0.25) is 0 Å². The fraction of sp³-hybridized carbons (Fsp3) is 0. The standard InChI is InChI=1S/C13H10ClFN2O/c14-9-6-5-8(7-11(9)16)13(18)17-12-4-2-1-3-10(12)15/h1-7H,16H2,(H,17,18). The summed E-state index contributed by atoms with van der Waals surface area (Å²) in [7, 11) is 0. The van der Waals surface area contributed by atoms with E-state index in [1.54, 1.807) is 12.1 Å². The minimum absolute atomic E-state index is 0.121. The van der Waals surface area contributed by atoms with Gasteiger partial charge in [0.15, 0.2) is 0 Å². The normalized spacial score (nSPS) is 10.1. The first-order valence-electron chi connectivity index (χ1n) is 5.19. The number of hydrogen-bond acceptors (Lipinski definition) is 2. The summed E-state index contributed by atoms with van der Waals surface area (Å²) < 4.78 is 13.3. The van der Waals surface area contributed by atoms with E-state index >= 15 is 0 Å². The van der Waals surface area contributed by atoms with Crippen molar-refractivity contribution >= 4 is 28.9 Å². The maximum absolute atomic E-state index is 13.3. The number of halogens is 2. The van der Waals surface area contributed by atoms with Crippen molar-refractivity contribution in [2.45, 2.75) is 0 Å². The van der Waals surface area contributed by atoms with Gasteiger partial charge in [0.05, 0.1) is 16.4 Å². The number of carbonyl (C=O) groups excluding carboxylic acids is 1. The molecule has 0 saturated heterocycles. The van der Waals surface area contributed by atoms with Crippen molar-refractivity contribution in [3.63, 3.8) is 0 Å². The lowest BCUT2D eigenvalue weighted by molar-refractivity contribution is 0.102. The molecule has 2 aromatic carbocycles. The van der Waals surface area contributed by atoms with Gasteiger partial charge in [0.25, 0.3) is 5.91 Å². The fourth-order valence-corrected chi connectivity index (χ4v) is 1.56. The van der Waals surface area contributed by atoms with E-state index in [4.69, 9.17) is 17.3 Å². The second-order valence-electron chi connectivity index (χ2n) is 3.67. The van der Waals surface area contributed by atoms with E-state index in [1.807, 2.05) is 0 Å². The molecule has 0 aliphatic carbocycles. The molecule has 2 aromatic rings. The van der Waals surface area contributed by atoms with E-state index in [2.05, 4.69) is 5.32 Å². The summed E-state index contributed by atoms with van der Waals surface area (Å²) in [6, 6.07) is 10.4. The third-order valence-corrected chi connectivity index (χ3v) is 2.72. The number of amides is 1. The van der Waals surface area contributed by atoms with E-state index in [0.717, 1.165) is 0 Å². The molecule has 0 aliphatic rings. The summed E-state index contributed by atoms with van der Waals surface area (Å²) >= 11 is 5.75. The van der Waals surface area contributed by atoms with E-state index in [1.165, 1.54) is 30.3 Å². The monoisotopic (exact) mass is 264 g/mol. The Bertz CT molecular complexity index is 601. The van der Waals surface area contributed by atoms with Gasteiger partial charge in [-0.1, -0.05) is 23.7 Å². The number of carbonyl (C=O) groups is 1. The second-order valence-corrected chi connectivity index (χ2v) is 4.08. The van der Waals surface area contributed by atoms with Crippen LogP contribution in [-0.2, 0) is 0 Å². The summed E-state index contributed by atoms with van der Waals surface area (Å²) in [4.78, 5) is 11.9. The molecule has 1 amide bonds. The summed E-state index contributed by atoms with van der Waals surface area (Å²) in [5, 5.41) is 2.83. The number of anilines is 2. The van der Waals surface area contributed by atoms with Crippen LogP contribution in [0.1, 0.15) is 10.4 Å². The van der Waals surface area contributed by atoms with Crippen molar-refractivity contribution in [3.8, 4) is 0 Å². The van der Waals surface area contributed by atoms with Gasteiger partial charge in [-0.15, -0.1) is 0 Å². The minimum Gasteiger partial charge on any atom is -0.398 e. The van der Waals surface area contributed by atoms with Gasteiger partial charge in [-0.2, -0.15) is 0 Å². The predicted octanol–water partition coefficient (Wildman–Crippen LogP) is 3.31. The van der Waals surface area contributed by atoms with Crippen LogP contribution in [0.15, 0.2) is 42.5 Å². The zero-order valence-electron chi connectivity index (χ0n) is 9.28. The molecule has 3 N–H and O–H groups in total. The largest absolute Gasteiger partial charge is 0.398 e. The summed E-state index contributed by atoms with van der Waals surface area (Å²) in [5.41, 5.74) is 6.34. The molecule has 0 saturated carbocycles. The average molecular weight is 265 g/mol. The molecular formula is C13H10ClFN2O. The smallest absolute Gasteiger partial charge is 0.255 e. The molecule has 3 nitrogen and oxygen atoms in total. The Morgan fingerprint density at radius 1 is 1.22 bits per heavy atom. The Hall–Kier alpha value is -2.07. The molecule has 18 heavy (non-hydrogen) atoms. The molecule has 0 fully saturated rings. The van der Waals surface area contributed by atoms with Crippen LogP contribution < -0.4 is 11.1 Å². The Kier molecular flexibility index (Phi) is 3.48. The van der Waals surface area contributed by atoms with Crippen LogP contribution in [0, 0.1) is 5.82 Å². The molecule has 0 unspecified atom stereocenters. The van der Waals surface area contributed by atoms with Gasteiger partial charge in [-0.3, -0.25) is 4.79 Å². The van der Waals surface area contributed by atoms with Gasteiger partial charge in [-0.25, -0.2) is 4.39 Å². The van der Waals surface area contributed by atoms with Gasteiger partial charge >= 0.3 is 0 Å². The quantitative estimate of drug-likeness (QED) is 0.818. The number of rotatable bonds is 2. The van der Waals surface area contributed by atoms with Crippen molar-refractivity contribution in [2.75, 3.05) is 11.1 Å². The number of para-hydroxylation sites is 1. The van der Waals surface area contributed by atoms with Crippen molar-refractivity contribution < 1.29 is 9.18 Å². The Labute approximate surface area is 108 Å². The third-order valence-electron chi connectivity index (χ3n) is 2.38. The average Bonchev–Trinajstić information content (AvgIpc) is 2.35. The molecule has 0 atom stereocenters. The van der Waals surface area contributed by atoms with E-state index in [0.29, 0.717) is 16.3 Å². The fourth-order valence-electron chi connectivity index (χ4n) is 1.44. The number of nitrogens with one attached hydrogen (secondary N) is 1. The predicted molar refractivity (Wildman–Crippen MR) is 70.2 cm³/mol. The number of nitrogen functional groups attached to an aromatic ring is 1. The highest BCUT2D eigenvalue weighted by Gasteiger charge is 2.10. The maximum atomic E-state index is 13.3. The number of nitrogens with two attached hydrogens (primary N) is 1. The highest BCUT2D eigenvalue weighted by atomic mass is 35.5. The summed E-state index contributed by atoms with van der Waals surface area (Å²) in [6.07, 6.45) is 0. The van der Waals surface area contributed by atoms with Crippen molar-refractivity contribution in [3.05, 3.63) is 58.9 Å². The molecule has 0 heterocycles. The van der Waals surface area contributed by atoms with Crippen LogP contribution in [0.25, 0.3) is 0 Å². The zero-order valence-corrected chi connectivity index (χ0v) is 10.0. The molecular weight excluding hydrogens is 255 g/mol. The Morgan fingerprint density at radius 3 is 2.61 bits per heavy atom. The summed E-state index contributed by atoms with van der Waals surface area (Å²) in [6.45, 7) is 0. The molecule has 0 aliphatic heterocycles. The minimum atomic E-state index is -0.493. The van der Waals surface area contributed by atoms with Crippen LogP contribution in [0.3, 0.4) is 0 Å². The first-order valence-corrected chi connectivity index (χ1v) is 5.56. The topological polar surface area (TPSA) is 55.1 Å². The summed E-state index contributed by atoms with van der Waals surface area (Å²) in [5.74, 6) is -0.934. The molecule has 0 radical (unpaired) electrons. The van der Waals surface area contributed by atoms with E-state index in [9.17, 15) is 9.18 Å². The molecule has 5 heteroatoms. The van der Waals surface area contributed by atoms with Crippen LogP contribution in [0.4, 0.5) is 15.8 Å². The van der Waals surface area contributed by atoms with Crippen molar-refractivity contribution in [1.82, 2.24) is 0 Å². The van der Waals surface area contributed by atoms with Crippen LogP contribution >= 0.6 is 11.6 Å². The van der Waals surface area contributed by atoms with Crippen molar-refractivity contribution in [2.24, 2.45) is 0 Å².